The summed E-state index contributed by atoms with van der Waals surface area (Å²) in [5, 5.41) is 10.2. The van der Waals surface area contributed by atoms with Gasteiger partial charge < -0.3 is 14.8 Å². The van der Waals surface area contributed by atoms with Crippen molar-refractivity contribution in [3.05, 3.63) is 0 Å². The second-order valence-corrected chi connectivity index (χ2v) is 3.83. The molecule has 0 spiro atoms. The van der Waals surface area contributed by atoms with Gasteiger partial charge in [-0.1, -0.05) is 19.3 Å². The second-order valence-electron chi connectivity index (χ2n) is 3.83. The van der Waals surface area contributed by atoms with Crippen molar-refractivity contribution in [1.82, 2.24) is 4.90 Å². The molecule has 94 valence electrons. The molecule has 0 heterocycles. The van der Waals surface area contributed by atoms with Gasteiger partial charge in [-0.3, -0.25) is 9.18 Å². The molecule has 0 rings (SSSR count). The number of likely N-dealkylation sites (N-methyl/N-ethyl adjacent to an activating group) is 1. The number of hydrogen-bond acceptors (Lipinski definition) is 3. The normalized spacial score (nSPS) is 9.53. The van der Waals surface area contributed by atoms with E-state index in [1.165, 1.54) is 7.05 Å². The zero-order chi connectivity index (χ0) is 12.4. The van der Waals surface area contributed by atoms with Gasteiger partial charge in [0.2, 0.25) is 5.91 Å². The quantitative estimate of drug-likeness (QED) is 0.338. The van der Waals surface area contributed by atoms with E-state index in [4.69, 9.17) is 0 Å². The number of carbonyl (C=O) groups excluding carboxylic acids is 2. The Morgan fingerprint density at radius 3 is 2.18 bits per heavy atom. The number of halogens is 1. The molecule has 0 fully saturated rings. The van der Waals surface area contributed by atoms with Crippen LogP contribution >= 0.6 is 0 Å². The third-order valence-electron chi connectivity index (χ3n) is 2.32. The second kappa shape index (κ2) is 12.3. The van der Waals surface area contributed by atoms with Crippen LogP contribution in [0.15, 0.2) is 0 Å². The Morgan fingerprint density at radius 2 is 1.65 bits per heavy atom. The van der Waals surface area contributed by atoms with Crippen LogP contribution in [0.1, 0.15) is 38.5 Å². The van der Waals surface area contributed by atoms with Crippen LogP contribution in [0.25, 0.3) is 0 Å². The summed E-state index contributed by atoms with van der Waals surface area (Å²) in [5.41, 5.74) is 0. The first-order valence-electron chi connectivity index (χ1n) is 5.57. The fraction of sp³-hybridized carbons (Fsp3) is 0.818. The van der Waals surface area contributed by atoms with Crippen LogP contribution < -0.4 is 34.7 Å². The molecule has 0 N–H and O–H groups in total. The van der Waals surface area contributed by atoms with Gasteiger partial charge in [0.1, 0.15) is 0 Å². The van der Waals surface area contributed by atoms with Gasteiger partial charge in [0.15, 0.2) is 0 Å². The number of nitrogens with zero attached hydrogens (tertiary/aromatic N) is 1. The van der Waals surface area contributed by atoms with Crippen LogP contribution in [0.3, 0.4) is 0 Å². The first-order chi connectivity index (χ1) is 7.57. The van der Waals surface area contributed by atoms with Crippen LogP contribution in [0, 0.1) is 0 Å². The van der Waals surface area contributed by atoms with Gasteiger partial charge in [0.05, 0.1) is 19.2 Å². The van der Waals surface area contributed by atoms with Crippen molar-refractivity contribution in [2.45, 2.75) is 38.5 Å². The van der Waals surface area contributed by atoms with Crippen molar-refractivity contribution in [2.75, 3.05) is 20.3 Å². The van der Waals surface area contributed by atoms with Gasteiger partial charge in [-0.25, -0.2) is 0 Å². The van der Waals surface area contributed by atoms with Crippen molar-refractivity contribution in [1.29, 1.82) is 0 Å². The first kappa shape index (κ1) is 19.2. The molecule has 0 atom stereocenters. The largest absolute Gasteiger partial charge is 1.00 e. The van der Waals surface area contributed by atoms with Gasteiger partial charge in [-0.2, -0.15) is 0 Å². The number of rotatable bonds is 9. The van der Waals surface area contributed by atoms with E-state index in [1.807, 2.05) is 0 Å². The van der Waals surface area contributed by atoms with Gasteiger partial charge in [0.25, 0.3) is 0 Å². The van der Waals surface area contributed by atoms with Gasteiger partial charge in [-0.15, -0.1) is 0 Å². The Hall–Kier alpha value is -0.130. The Balaban J connectivity index is 0. The van der Waals surface area contributed by atoms with Crippen molar-refractivity contribution >= 4 is 11.9 Å². The van der Waals surface area contributed by atoms with Crippen LogP contribution in [-0.2, 0) is 9.59 Å². The van der Waals surface area contributed by atoms with E-state index in [1.54, 1.807) is 0 Å². The summed E-state index contributed by atoms with van der Waals surface area (Å²) in [6.07, 6.45) is 4.30. The number of carboxylic acids is 1. The third kappa shape index (κ3) is 12.1. The molecule has 1 amide bonds. The summed E-state index contributed by atoms with van der Waals surface area (Å²) in [5.74, 6) is -1.44. The molecule has 0 aromatic rings. The zero-order valence-corrected chi connectivity index (χ0v) is 12.7. The van der Waals surface area contributed by atoms with E-state index in [0.717, 1.165) is 30.6 Å². The number of carbonyl (C=O) groups is 2. The van der Waals surface area contributed by atoms with E-state index in [-0.39, 0.29) is 48.7 Å². The smallest absolute Gasteiger partial charge is 0.548 e. The summed E-state index contributed by atoms with van der Waals surface area (Å²) >= 11 is 0. The predicted molar refractivity (Wildman–Crippen MR) is 56.3 cm³/mol. The van der Waals surface area contributed by atoms with Crippen molar-refractivity contribution in [3.63, 3.8) is 0 Å². The Morgan fingerprint density at radius 1 is 1.12 bits per heavy atom. The fourth-order valence-electron chi connectivity index (χ4n) is 1.37. The van der Waals surface area contributed by atoms with E-state index in [9.17, 15) is 19.1 Å². The van der Waals surface area contributed by atoms with E-state index in [0.29, 0.717) is 12.8 Å². The van der Waals surface area contributed by atoms with Crippen LogP contribution in [-0.4, -0.2) is 37.0 Å². The molecular formula is C11H19FNNaO3. The first-order valence-corrected chi connectivity index (χ1v) is 5.57. The summed E-state index contributed by atoms with van der Waals surface area (Å²) in [6.45, 7) is -0.645. The molecule has 0 aliphatic rings. The molecule has 0 aromatic carbocycles. The number of aliphatic carboxylic acids is 1. The molecular weight excluding hydrogens is 236 g/mol. The topological polar surface area (TPSA) is 60.4 Å². The van der Waals surface area contributed by atoms with Crippen LogP contribution in [0.2, 0.25) is 0 Å². The van der Waals surface area contributed by atoms with E-state index >= 15 is 0 Å². The molecule has 0 saturated heterocycles. The molecule has 0 saturated carbocycles. The molecule has 0 radical (unpaired) electrons. The minimum absolute atomic E-state index is 0. The van der Waals surface area contributed by atoms with E-state index in [2.05, 4.69) is 0 Å². The van der Waals surface area contributed by atoms with Gasteiger partial charge >= 0.3 is 29.6 Å². The Labute approximate surface area is 124 Å². The van der Waals surface area contributed by atoms with Crippen LogP contribution in [0.5, 0.6) is 0 Å². The zero-order valence-electron chi connectivity index (χ0n) is 10.7. The molecule has 4 nitrogen and oxygen atoms in total. The summed E-state index contributed by atoms with van der Waals surface area (Å²) in [6, 6.07) is 0. The summed E-state index contributed by atoms with van der Waals surface area (Å²) in [4.78, 5) is 22.7. The average Bonchev–Trinajstić information content (AvgIpc) is 2.21. The maximum Gasteiger partial charge on any atom is 1.00 e. The van der Waals surface area contributed by atoms with Gasteiger partial charge in [0, 0.05) is 13.5 Å². The SMILES string of the molecule is CN(CC(=O)[O-])C(=O)CCCCCCCF.[Na+]. The molecule has 6 heteroatoms. The number of unbranched alkanes of at least 4 members (excludes halogenated alkanes) is 4. The average molecular weight is 255 g/mol. The number of amides is 1. The summed E-state index contributed by atoms with van der Waals surface area (Å²) in [7, 11) is 1.45. The minimum atomic E-state index is -1.25. The molecule has 0 aliphatic heterocycles. The predicted octanol–water partition coefficient (Wildman–Crippen LogP) is -2.49. The van der Waals surface area contributed by atoms with Crippen LogP contribution in [0.4, 0.5) is 4.39 Å². The number of carboxylic acid groups (broad SMARTS) is 1. The van der Waals surface area contributed by atoms with Crippen molar-refractivity contribution in [2.24, 2.45) is 0 Å². The molecule has 0 unspecified atom stereocenters. The maximum absolute atomic E-state index is 11.7. The van der Waals surface area contributed by atoms with Crippen molar-refractivity contribution in [3.8, 4) is 0 Å². The van der Waals surface area contributed by atoms with Gasteiger partial charge in [-0.05, 0) is 12.8 Å². The molecule has 0 aliphatic carbocycles. The number of alkyl halides is 1. The fourth-order valence-corrected chi connectivity index (χ4v) is 1.37. The molecule has 0 aromatic heterocycles. The summed E-state index contributed by atoms with van der Waals surface area (Å²) < 4.78 is 11.7. The third-order valence-corrected chi connectivity index (χ3v) is 2.32. The number of hydrogen-bond donors (Lipinski definition) is 0. The van der Waals surface area contributed by atoms with Crippen molar-refractivity contribution < 1.29 is 48.6 Å². The maximum atomic E-state index is 11.7. The Bertz CT molecular complexity index is 227. The van der Waals surface area contributed by atoms with E-state index < -0.39 is 5.97 Å². The molecule has 17 heavy (non-hydrogen) atoms. The Kier molecular flexibility index (Phi) is 13.9. The molecule has 0 bridgehead atoms. The standard InChI is InChI=1S/C11H20FNO3.Na/c1-13(9-11(15)16)10(14)7-5-3-2-4-6-8-12;/h2-9H2,1H3,(H,15,16);/q;+1/p-1. The monoisotopic (exact) mass is 255 g/mol. The minimum Gasteiger partial charge on any atom is -0.548 e.